The second kappa shape index (κ2) is 7.64. The number of rotatable bonds is 5. The van der Waals surface area contributed by atoms with Gasteiger partial charge in [0.15, 0.2) is 0 Å². The Kier molecular flexibility index (Phi) is 5.57. The highest BCUT2D eigenvalue weighted by molar-refractivity contribution is 6.35. The van der Waals surface area contributed by atoms with Gasteiger partial charge in [-0.3, -0.25) is 9.59 Å². The number of aromatic hydroxyl groups is 1. The van der Waals surface area contributed by atoms with Crippen LogP contribution in [0.15, 0.2) is 24.3 Å². The number of hydrogen-bond acceptors (Lipinski definition) is 4. The average Bonchev–Trinajstić information content (AvgIpc) is 3.00. The second-order valence-electron chi connectivity index (χ2n) is 5.02. The van der Waals surface area contributed by atoms with Gasteiger partial charge < -0.3 is 20.5 Å². The minimum absolute atomic E-state index is 0.0266. The molecule has 2 amide bonds. The van der Waals surface area contributed by atoms with Crippen LogP contribution in [0.25, 0.3) is 0 Å². The van der Waals surface area contributed by atoms with E-state index in [2.05, 4.69) is 10.6 Å². The van der Waals surface area contributed by atoms with Crippen LogP contribution in [0.1, 0.15) is 18.4 Å². The summed E-state index contributed by atoms with van der Waals surface area (Å²) in [5, 5.41) is 14.3. The monoisotopic (exact) mass is 292 g/mol. The van der Waals surface area contributed by atoms with Gasteiger partial charge >= 0.3 is 11.8 Å². The predicted molar refractivity (Wildman–Crippen MR) is 76.8 cm³/mol. The van der Waals surface area contributed by atoms with E-state index in [1.807, 2.05) is 0 Å². The van der Waals surface area contributed by atoms with E-state index < -0.39 is 11.8 Å². The van der Waals surface area contributed by atoms with Gasteiger partial charge in [-0.15, -0.1) is 0 Å². The summed E-state index contributed by atoms with van der Waals surface area (Å²) in [6.07, 6.45) is 2.55. The van der Waals surface area contributed by atoms with Crippen LogP contribution in [0.2, 0.25) is 0 Å². The number of phenolic OH excluding ortho intramolecular Hbond substituents is 1. The average molecular weight is 292 g/mol. The summed E-state index contributed by atoms with van der Waals surface area (Å²) in [7, 11) is 0. The standard InChI is InChI=1S/C15H20N2O4/c18-12-5-3-11(4-6-12)7-8-16-14(19)15(20)17-10-13-2-1-9-21-13/h3-6,13,18H,1-2,7-10H2,(H,16,19)(H,17,20). The molecule has 1 unspecified atom stereocenters. The third-order valence-electron chi connectivity index (χ3n) is 3.36. The van der Waals surface area contributed by atoms with Gasteiger partial charge in [0.1, 0.15) is 5.75 Å². The fraction of sp³-hybridized carbons (Fsp3) is 0.467. The van der Waals surface area contributed by atoms with Gasteiger partial charge in [0, 0.05) is 19.7 Å². The molecule has 0 spiro atoms. The number of amides is 2. The van der Waals surface area contributed by atoms with Crippen molar-refractivity contribution in [2.24, 2.45) is 0 Å². The topological polar surface area (TPSA) is 87.7 Å². The first kappa shape index (κ1) is 15.3. The Balaban J connectivity index is 1.63. The molecule has 0 bridgehead atoms. The molecule has 6 heteroatoms. The molecule has 1 aromatic carbocycles. The molecule has 0 aromatic heterocycles. The Morgan fingerprint density at radius 1 is 1.19 bits per heavy atom. The van der Waals surface area contributed by atoms with Crippen LogP contribution >= 0.6 is 0 Å². The second-order valence-corrected chi connectivity index (χ2v) is 5.02. The molecular weight excluding hydrogens is 272 g/mol. The quantitative estimate of drug-likeness (QED) is 0.683. The van der Waals surface area contributed by atoms with E-state index in [1.165, 1.54) is 0 Å². The van der Waals surface area contributed by atoms with Crippen LogP contribution in [0.5, 0.6) is 5.75 Å². The van der Waals surface area contributed by atoms with Gasteiger partial charge in [-0.25, -0.2) is 0 Å². The highest BCUT2D eigenvalue weighted by atomic mass is 16.5. The van der Waals surface area contributed by atoms with E-state index in [1.54, 1.807) is 24.3 Å². The van der Waals surface area contributed by atoms with Gasteiger partial charge in [-0.1, -0.05) is 12.1 Å². The molecule has 0 saturated carbocycles. The van der Waals surface area contributed by atoms with Crippen molar-refractivity contribution in [2.75, 3.05) is 19.7 Å². The third kappa shape index (κ3) is 5.07. The van der Waals surface area contributed by atoms with Crippen molar-refractivity contribution < 1.29 is 19.4 Å². The first-order valence-electron chi connectivity index (χ1n) is 7.10. The molecule has 0 radical (unpaired) electrons. The number of phenols is 1. The molecule has 114 valence electrons. The van der Waals surface area contributed by atoms with Crippen LogP contribution in [-0.2, 0) is 20.7 Å². The van der Waals surface area contributed by atoms with Crippen molar-refractivity contribution in [1.29, 1.82) is 0 Å². The zero-order chi connectivity index (χ0) is 15.1. The fourth-order valence-electron chi connectivity index (χ4n) is 2.16. The van der Waals surface area contributed by atoms with Gasteiger partial charge in [0.05, 0.1) is 6.10 Å². The van der Waals surface area contributed by atoms with E-state index in [-0.39, 0.29) is 11.9 Å². The first-order valence-corrected chi connectivity index (χ1v) is 7.10. The maximum Gasteiger partial charge on any atom is 0.309 e. The lowest BCUT2D eigenvalue weighted by atomic mass is 10.1. The smallest absolute Gasteiger partial charge is 0.309 e. The number of ether oxygens (including phenoxy) is 1. The minimum Gasteiger partial charge on any atom is -0.508 e. The Bertz CT molecular complexity index is 481. The molecule has 2 rings (SSSR count). The number of nitrogens with one attached hydrogen (secondary N) is 2. The highest BCUT2D eigenvalue weighted by Gasteiger charge is 2.18. The van der Waals surface area contributed by atoms with Crippen molar-refractivity contribution in [2.45, 2.75) is 25.4 Å². The number of carbonyl (C=O) groups excluding carboxylic acids is 2. The highest BCUT2D eigenvalue weighted by Crippen LogP contribution is 2.10. The molecule has 1 heterocycles. The van der Waals surface area contributed by atoms with Crippen molar-refractivity contribution in [3.8, 4) is 5.75 Å². The summed E-state index contributed by atoms with van der Waals surface area (Å²) in [5.41, 5.74) is 0.980. The van der Waals surface area contributed by atoms with Crippen molar-refractivity contribution in [1.82, 2.24) is 10.6 Å². The molecule has 0 aliphatic carbocycles. The Labute approximate surface area is 123 Å². The molecule has 6 nitrogen and oxygen atoms in total. The minimum atomic E-state index is -0.633. The molecule has 1 fully saturated rings. The number of carbonyl (C=O) groups is 2. The van der Waals surface area contributed by atoms with E-state index in [9.17, 15) is 9.59 Å². The molecule has 1 atom stereocenters. The zero-order valence-corrected chi connectivity index (χ0v) is 11.8. The lowest BCUT2D eigenvalue weighted by Crippen LogP contribution is -2.43. The zero-order valence-electron chi connectivity index (χ0n) is 11.8. The van der Waals surface area contributed by atoms with Crippen LogP contribution < -0.4 is 10.6 Å². The summed E-state index contributed by atoms with van der Waals surface area (Å²) in [4.78, 5) is 23.2. The number of hydrogen-bond donors (Lipinski definition) is 3. The SMILES string of the molecule is O=C(NCCc1ccc(O)cc1)C(=O)NCC1CCCO1. The molecule has 1 aromatic rings. The Morgan fingerprint density at radius 2 is 1.90 bits per heavy atom. The van der Waals surface area contributed by atoms with Crippen molar-refractivity contribution in [3.63, 3.8) is 0 Å². The van der Waals surface area contributed by atoms with Gasteiger partial charge in [-0.05, 0) is 37.0 Å². The molecule has 21 heavy (non-hydrogen) atoms. The van der Waals surface area contributed by atoms with E-state index in [0.717, 1.165) is 25.0 Å². The van der Waals surface area contributed by atoms with Gasteiger partial charge in [0.25, 0.3) is 0 Å². The van der Waals surface area contributed by atoms with Crippen LogP contribution in [0.3, 0.4) is 0 Å². The summed E-state index contributed by atoms with van der Waals surface area (Å²) >= 11 is 0. The molecule has 1 aliphatic heterocycles. The maximum atomic E-state index is 11.6. The van der Waals surface area contributed by atoms with E-state index >= 15 is 0 Å². The lowest BCUT2D eigenvalue weighted by molar-refractivity contribution is -0.139. The molecule has 3 N–H and O–H groups in total. The summed E-state index contributed by atoms with van der Waals surface area (Å²) in [6.45, 7) is 1.47. The van der Waals surface area contributed by atoms with E-state index in [4.69, 9.17) is 9.84 Å². The van der Waals surface area contributed by atoms with Crippen LogP contribution in [-0.4, -0.2) is 42.7 Å². The summed E-state index contributed by atoms with van der Waals surface area (Å²) in [5.74, 6) is -1.06. The molecular formula is C15H20N2O4. The fourth-order valence-corrected chi connectivity index (χ4v) is 2.16. The van der Waals surface area contributed by atoms with Crippen molar-refractivity contribution in [3.05, 3.63) is 29.8 Å². The number of benzene rings is 1. The normalized spacial score (nSPS) is 17.4. The first-order chi connectivity index (χ1) is 10.1. The maximum absolute atomic E-state index is 11.6. The molecule has 1 aliphatic rings. The molecule has 1 saturated heterocycles. The Hall–Kier alpha value is -2.08. The van der Waals surface area contributed by atoms with E-state index in [0.29, 0.717) is 19.5 Å². The summed E-state index contributed by atoms with van der Waals surface area (Å²) in [6, 6.07) is 6.73. The van der Waals surface area contributed by atoms with Crippen LogP contribution in [0.4, 0.5) is 0 Å². The van der Waals surface area contributed by atoms with Gasteiger partial charge in [0.2, 0.25) is 0 Å². The lowest BCUT2D eigenvalue weighted by Gasteiger charge is -2.10. The summed E-state index contributed by atoms with van der Waals surface area (Å²) < 4.78 is 5.36. The third-order valence-corrected chi connectivity index (χ3v) is 3.36. The Morgan fingerprint density at radius 3 is 2.57 bits per heavy atom. The van der Waals surface area contributed by atoms with Gasteiger partial charge in [-0.2, -0.15) is 0 Å². The van der Waals surface area contributed by atoms with Crippen LogP contribution in [0, 0.1) is 0 Å². The predicted octanol–water partition coefficient (Wildman–Crippen LogP) is 0.346. The largest absolute Gasteiger partial charge is 0.508 e. The van der Waals surface area contributed by atoms with Crippen molar-refractivity contribution >= 4 is 11.8 Å².